The molecule has 1 saturated heterocycles. The fourth-order valence-electron chi connectivity index (χ4n) is 4.96. The van der Waals surface area contributed by atoms with Crippen LogP contribution < -0.4 is 0 Å². The molecule has 0 N–H and O–H groups in total. The Morgan fingerprint density at radius 3 is 2.38 bits per heavy atom. The zero-order valence-corrected chi connectivity index (χ0v) is 22.9. The molecule has 1 aliphatic heterocycles. The van der Waals surface area contributed by atoms with E-state index >= 15 is 0 Å². The Balaban J connectivity index is 1.51. The largest absolute Gasteiger partial charge is 0.376 e. The molecular weight excluding hydrogens is 510 g/mol. The third-order valence-corrected chi connectivity index (χ3v) is 8.65. The van der Waals surface area contributed by atoms with Crippen LogP contribution in [0.3, 0.4) is 0 Å². The first-order valence-electron chi connectivity index (χ1n) is 13.2. The molecule has 0 bridgehead atoms. The van der Waals surface area contributed by atoms with Crippen LogP contribution >= 0.6 is 0 Å². The summed E-state index contributed by atoms with van der Waals surface area (Å²) >= 11 is 0. The number of imidazole rings is 1. The van der Waals surface area contributed by atoms with Gasteiger partial charge in [0.05, 0.1) is 36.8 Å². The van der Waals surface area contributed by atoms with E-state index in [4.69, 9.17) is 4.74 Å². The molecule has 0 saturated carbocycles. The van der Waals surface area contributed by atoms with Crippen LogP contribution in [-0.4, -0.2) is 48.0 Å². The molecule has 7 nitrogen and oxygen atoms in total. The Kier molecular flexibility index (Phi) is 8.24. The summed E-state index contributed by atoms with van der Waals surface area (Å²) in [5.74, 6) is -0.268. The first kappa shape index (κ1) is 26.8. The molecule has 1 aromatic heterocycles. The minimum absolute atomic E-state index is 0.00818. The van der Waals surface area contributed by atoms with Gasteiger partial charge in [-0.2, -0.15) is 0 Å². The second-order valence-electron chi connectivity index (χ2n) is 9.98. The molecule has 4 aromatic rings. The van der Waals surface area contributed by atoms with E-state index in [1.165, 1.54) is 0 Å². The van der Waals surface area contributed by atoms with Crippen LogP contribution in [0.2, 0.25) is 0 Å². The lowest BCUT2D eigenvalue weighted by atomic mass is 10.1. The molecule has 3 aromatic carbocycles. The van der Waals surface area contributed by atoms with E-state index in [2.05, 4.69) is 4.98 Å². The van der Waals surface area contributed by atoms with Crippen molar-refractivity contribution in [2.24, 2.45) is 0 Å². The molecule has 5 rings (SSSR count). The highest BCUT2D eigenvalue weighted by atomic mass is 32.2. The second kappa shape index (κ2) is 12.0. The third-order valence-electron chi connectivity index (χ3n) is 7.08. The molecule has 39 heavy (non-hydrogen) atoms. The highest BCUT2D eigenvalue weighted by Gasteiger charge is 2.28. The lowest BCUT2D eigenvalue weighted by molar-refractivity contribution is 0.0501. The van der Waals surface area contributed by atoms with Gasteiger partial charge in [0.15, 0.2) is 0 Å². The van der Waals surface area contributed by atoms with Crippen LogP contribution in [0.5, 0.6) is 0 Å². The van der Waals surface area contributed by atoms with Crippen molar-refractivity contribution in [2.75, 3.05) is 13.2 Å². The molecular formula is C31H33N3O4S. The summed E-state index contributed by atoms with van der Waals surface area (Å²) in [6, 6.07) is 26.3. The number of benzene rings is 3. The van der Waals surface area contributed by atoms with E-state index in [0.717, 1.165) is 29.5 Å². The number of nitrogens with zero attached hydrogens (tertiary/aromatic N) is 3. The summed E-state index contributed by atoms with van der Waals surface area (Å²) in [5, 5.41) is 0.00818. The number of hydrogen-bond donors (Lipinski definition) is 0. The van der Waals surface area contributed by atoms with E-state index in [1.54, 1.807) is 27.8 Å². The first-order chi connectivity index (χ1) is 18.9. The van der Waals surface area contributed by atoms with E-state index in [-0.39, 0.29) is 29.5 Å². The normalized spacial score (nSPS) is 15.4. The number of carbonyl (C=O) groups excluding carboxylic acids is 1. The van der Waals surface area contributed by atoms with Gasteiger partial charge < -0.3 is 14.2 Å². The number of amides is 1. The summed E-state index contributed by atoms with van der Waals surface area (Å²) < 4.78 is 35.0. The Morgan fingerprint density at radius 1 is 1.00 bits per heavy atom. The van der Waals surface area contributed by atoms with Gasteiger partial charge in [0.25, 0.3) is 5.91 Å². The zero-order chi connectivity index (χ0) is 27.2. The van der Waals surface area contributed by atoms with Crippen molar-refractivity contribution in [3.63, 3.8) is 0 Å². The lowest BCUT2D eigenvalue weighted by Gasteiger charge is -2.26. The van der Waals surface area contributed by atoms with Crippen LogP contribution in [-0.2, 0) is 33.4 Å². The highest BCUT2D eigenvalue weighted by molar-refractivity contribution is 7.90. The summed E-state index contributed by atoms with van der Waals surface area (Å²) in [7, 11) is -3.77. The molecule has 0 radical (unpaired) electrons. The minimum atomic E-state index is -3.77. The quantitative estimate of drug-likeness (QED) is 0.280. The molecule has 1 unspecified atom stereocenters. The van der Waals surface area contributed by atoms with E-state index < -0.39 is 9.84 Å². The standard InChI is InChI=1S/C31H33N3O4S/c1-24-11-8-9-16-27(24)23-39(36,37)31-32-19-28(34(31)20-25-12-4-2-5-13-25)21-33(22-29-17-10-18-38-29)30(35)26-14-6-3-7-15-26/h2-9,11-16,19,29H,10,17-18,20-23H2,1H3. The maximum Gasteiger partial charge on any atom is 0.254 e. The average Bonchev–Trinajstić information content (AvgIpc) is 3.61. The zero-order valence-electron chi connectivity index (χ0n) is 22.1. The molecule has 0 spiro atoms. The van der Waals surface area contributed by atoms with Gasteiger partial charge in [-0.3, -0.25) is 4.79 Å². The van der Waals surface area contributed by atoms with Crippen LogP contribution in [0.25, 0.3) is 0 Å². The maximum atomic E-state index is 13.7. The Bertz CT molecular complexity index is 1510. The highest BCUT2D eigenvalue weighted by Crippen LogP contribution is 2.23. The van der Waals surface area contributed by atoms with Crippen LogP contribution in [0, 0.1) is 6.92 Å². The monoisotopic (exact) mass is 543 g/mol. The van der Waals surface area contributed by atoms with Crippen molar-refractivity contribution in [1.29, 1.82) is 0 Å². The van der Waals surface area contributed by atoms with Crippen molar-refractivity contribution < 1.29 is 17.9 Å². The lowest BCUT2D eigenvalue weighted by Crippen LogP contribution is -2.37. The van der Waals surface area contributed by atoms with Gasteiger partial charge in [0.1, 0.15) is 0 Å². The van der Waals surface area contributed by atoms with Crippen molar-refractivity contribution in [3.05, 3.63) is 119 Å². The minimum Gasteiger partial charge on any atom is -0.376 e. The molecule has 1 atom stereocenters. The number of aromatic nitrogens is 2. The van der Waals surface area contributed by atoms with E-state index in [0.29, 0.717) is 31.0 Å². The van der Waals surface area contributed by atoms with Gasteiger partial charge >= 0.3 is 0 Å². The second-order valence-corrected chi connectivity index (χ2v) is 11.9. The van der Waals surface area contributed by atoms with Crippen LogP contribution in [0.15, 0.2) is 96.3 Å². The van der Waals surface area contributed by atoms with Crippen molar-refractivity contribution >= 4 is 15.7 Å². The van der Waals surface area contributed by atoms with Gasteiger partial charge in [-0.1, -0.05) is 72.8 Å². The number of hydrogen-bond acceptors (Lipinski definition) is 5. The smallest absolute Gasteiger partial charge is 0.254 e. The van der Waals surface area contributed by atoms with Gasteiger partial charge in [0, 0.05) is 18.7 Å². The van der Waals surface area contributed by atoms with Crippen molar-refractivity contribution in [3.8, 4) is 0 Å². The Hall–Kier alpha value is -3.75. The molecule has 202 valence electrons. The molecule has 0 aliphatic carbocycles. The van der Waals surface area contributed by atoms with Gasteiger partial charge in [0.2, 0.25) is 15.0 Å². The summed E-state index contributed by atoms with van der Waals surface area (Å²) in [4.78, 5) is 19.8. The summed E-state index contributed by atoms with van der Waals surface area (Å²) in [6.45, 7) is 3.56. The van der Waals surface area contributed by atoms with Gasteiger partial charge in [-0.25, -0.2) is 13.4 Å². The van der Waals surface area contributed by atoms with E-state index in [1.807, 2.05) is 79.7 Å². The summed E-state index contributed by atoms with van der Waals surface area (Å²) in [5.41, 5.74) is 3.84. The van der Waals surface area contributed by atoms with Crippen molar-refractivity contribution in [2.45, 2.75) is 49.9 Å². The third kappa shape index (κ3) is 6.46. The molecule has 8 heteroatoms. The Morgan fingerprint density at radius 2 is 1.69 bits per heavy atom. The van der Waals surface area contributed by atoms with Crippen LogP contribution in [0.4, 0.5) is 0 Å². The topological polar surface area (TPSA) is 81.5 Å². The average molecular weight is 544 g/mol. The SMILES string of the molecule is Cc1ccccc1CS(=O)(=O)c1ncc(CN(CC2CCCO2)C(=O)c2ccccc2)n1Cc1ccccc1. The molecule has 1 fully saturated rings. The number of aryl methyl sites for hydroxylation is 1. The molecule has 2 heterocycles. The predicted octanol–water partition coefficient (Wildman–Crippen LogP) is 5.04. The fraction of sp³-hybridized carbons (Fsp3) is 0.290. The molecule has 1 aliphatic rings. The predicted molar refractivity (Wildman–Crippen MR) is 150 cm³/mol. The first-order valence-corrected chi connectivity index (χ1v) is 14.9. The Labute approximate surface area is 230 Å². The molecule has 1 amide bonds. The fourth-order valence-corrected chi connectivity index (χ4v) is 6.55. The summed E-state index contributed by atoms with van der Waals surface area (Å²) in [6.07, 6.45) is 3.39. The van der Waals surface area contributed by atoms with Gasteiger partial charge in [-0.05, 0) is 48.6 Å². The number of ether oxygens (including phenoxy) is 1. The van der Waals surface area contributed by atoms with Crippen LogP contribution in [0.1, 0.15) is 45.6 Å². The number of rotatable bonds is 10. The van der Waals surface area contributed by atoms with Gasteiger partial charge in [-0.15, -0.1) is 0 Å². The number of sulfone groups is 1. The van der Waals surface area contributed by atoms with E-state index in [9.17, 15) is 13.2 Å². The number of carbonyl (C=O) groups is 1. The van der Waals surface area contributed by atoms with Crippen molar-refractivity contribution in [1.82, 2.24) is 14.5 Å². The maximum absolute atomic E-state index is 13.7.